The van der Waals surface area contributed by atoms with Gasteiger partial charge in [0.1, 0.15) is 0 Å². The van der Waals surface area contributed by atoms with Gasteiger partial charge >= 0.3 is 5.97 Å². The average Bonchev–Trinajstić information content (AvgIpc) is 2.90. The molecule has 1 amide bonds. The number of thiophene rings is 1. The van der Waals surface area contributed by atoms with Crippen molar-refractivity contribution in [2.24, 2.45) is 5.73 Å². The number of rotatable bonds is 5. The molecule has 0 bridgehead atoms. The molecule has 0 unspecified atom stereocenters. The minimum absolute atomic E-state index is 0.133. The highest BCUT2D eigenvalue weighted by molar-refractivity contribution is 7.10. The zero-order chi connectivity index (χ0) is 15.0. The minimum Gasteiger partial charge on any atom is -0.466 e. The second-order valence-electron chi connectivity index (χ2n) is 3.99. The molecule has 1 aromatic rings. The summed E-state index contributed by atoms with van der Waals surface area (Å²) in [6.07, 6.45) is 0.194. The van der Waals surface area contributed by atoms with Crippen molar-refractivity contribution in [2.45, 2.75) is 13.3 Å². The molecule has 1 rings (SSSR count). The van der Waals surface area contributed by atoms with E-state index in [1.165, 1.54) is 16.2 Å². The van der Waals surface area contributed by atoms with Gasteiger partial charge in [-0.15, -0.1) is 11.3 Å². The number of nitrogens with zero attached hydrogens (tertiary/aromatic N) is 1. The fourth-order valence-corrected chi connectivity index (χ4v) is 2.22. The molecule has 0 radical (unpaired) electrons. The highest BCUT2D eigenvalue weighted by Gasteiger charge is 2.14. The Morgan fingerprint density at radius 2 is 2.25 bits per heavy atom. The van der Waals surface area contributed by atoms with Gasteiger partial charge in [-0.25, -0.2) is 0 Å². The maximum Gasteiger partial charge on any atom is 0.307 e. The second kappa shape index (κ2) is 8.35. The number of carbonyl (C=O) groups excluding carboxylic acids is 2. The SMILES string of the molecule is CCOC(=O)CCN(C)C(=O)c1csc(C#CCN)c1. The van der Waals surface area contributed by atoms with E-state index in [1.54, 1.807) is 25.4 Å². The predicted octanol–water partition coefficient (Wildman–Crippen LogP) is 1.08. The van der Waals surface area contributed by atoms with Crippen LogP contribution >= 0.6 is 11.3 Å². The molecule has 0 saturated carbocycles. The molecule has 0 spiro atoms. The van der Waals surface area contributed by atoms with Crippen LogP contribution in [0.1, 0.15) is 28.6 Å². The van der Waals surface area contributed by atoms with E-state index in [0.29, 0.717) is 25.3 Å². The predicted molar refractivity (Wildman–Crippen MR) is 78.5 cm³/mol. The molecule has 1 heterocycles. The minimum atomic E-state index is -0.299. The maximum atomic E-state index is 12.1. The van der Waals surface area contributed by atoms with Gasteiger partial charge < -0.3 is 15.4 Å². The summed E-state index contributed by atoms with van der Waals surface area (Å²) in [5.74, 6) is 5.19. The van der Waals surface area contributed by atoms with E-state index in [2.05, 4.69) is 11.8 Å². The third-order valence-electron chi connectivity index (χ3n) is 2.46. The lowest BCUT2D eigenvalue weighted by atomic mass is 10.2. The van der Waals surface area contributed by atoms with Crippen LogP contribution in [-0.2, 0) is 9.53 Å². The Morgan fingerprint density at radius 1 is 1.50 bits per heavy atom. The van der Waals surface area contributed by atoms with Gasteiger partial charge in [0.2, 0.25) is 0 Å². The Morgan fingerprint density at radius 3 is 2.90 bits per heavy atom. The first-order valence-electron chi connectivity index (χ1n) is 6.27. The third-order valence-corrected chi connectivity index (χ3v) is 3.31. The molecule has 108 valence electrons. The Labute approximate surface area is 122 Å². The second-order valence-corrected chi connectivity index (χ2v) is 4.90. The first-order chi connectivity index (χ1) is 9.58. The first-order valence-corrected chi connectivity index (χ1v) is 7.15. The number of carbonyl (C=O) groups is 2. The van der Waals surface area contributed by atoms with Crippen LogP contribution < -0.4 is 5.73 Å². The van der Waals surface area contributed by atoms with Gasteiger partial charge in [-0.1, -0.05) is 11.8 Å². The number of esters is 1. The zero-order valence-electron chi connectivity index (χ0n) is 11.6. The van der Waals surface area contributed by atoms with Crippen LogP contribution in [0.2, 0.25) is 0 Å². The molecule has 2 N–H and O–H groups in total. The molecule has 0 aliphatic heterocycles. The standard InChI is InChI=1S/C14H18N2O3S/c1-3-19-13(17)6-8-16(2)14(18)11-9-12(20-10-11)5-4-7-15/h9-10H,3,6-8,15H2,1-2H3. The summed E-state index contributed by atoms with van der Waals surface area (Å²) in [6, 6.07) is 1.73. The lowest BCUT2D eigenvalue weighted by Crippen LogP contribution is -2.29. The Kier molecular flexibility index (Phi) is 6.77. The summed E-state index contributed by atoms with van der Waals surface area (Å²) in [6.45, 7) is 2.73. The number of nitrogens with two attached hydrogens (primary N) is 1. The van der Waals surface area contributed by atoms with Crippen LogP contribution in [0.15, 0.2) is 11.4 Å². The van der Waals surface area contributed by atoms with Crippen LogP contribution in [-0.4, -0.2) is 43.5 Å². The number of hydrogen-bond acceptors (Lipinski definition) is 5. The molecule has 0 aliphatic carbocycles. The van der Waals surface area contributed by atoms with E-state index in [0.717, 1.165) is 4.88 Å². The Hall–Kier alpha value is -1.84. The molecule has 0 aromatic carbocycles. The van der Waals surface area contributed by atoms with Crippen LogP contribution in [0.4, 0.5) is 0 Å². The van der Waals surface area contributed by atoms with Crippen molar-refractivity contribution in [1.82, 2.24) is 4.90 Å². The van der Waals surface area contributed by atoms with Gasteiger partial charge in [0.05, 0.1) is 30.0 Å². The molecule has 6 heteroatoms. The lowest BCUT2D eigenvalue weighted by Gasteiger charge is -2.15. The fourth-order valence-electron chi connectivity index (χ4n) is 1.47. The van der Waals surface area contributed by atoms with Crippen molar-refractivity contribution in [3.05, 3.63) is 21.9 Å². The summed E-state index contributed by atoms with van der Waals surface area (Å²) >= 11 is 1.40. The van der Waals surface area contributed by atoms with Gasteiger partial charge in [0.15, 0.2) is 0 Å². The molecule has 0 aliphatic rings. The highest BCUT2D eigenvalue weighted by atomic mass is 32.1. The van der Waals surface area contributed by atoms with Crippen molar-refractivity contribution in [1.29, 1.82) is 0 Å². The summed E-state index contributed by atoms with van der Waals surface area (Å²) in [7, 11) is 1.66. The number of ether oxygens (including phenoxy) is 1. The monoisotopic (exact) mass is 294 g/mol. The molecular formula is C14H18N2O3S. The summed E-state index contributed by atoms with van der Waals surface area (Å²) in [4.78, 5) is 25.7. The molecule has 0 atom stereocenters. The van der Waals surface area contributed by atoms with E-state index < -0.39 is 0 Å². The molecule has 5 nitrogen and oxygen atoms in total. The molecule has 1 aromatic heterocycles. The quantitative estimate of drug-likeness (QED) is 0.651. The van der Waals surface area contributed by atoms with Gasteiger partial charge in [0, 0.05) is 19.0 Å². The van der Waals surface area contributed by atoms with E-state index in [-0.39, 0.29) is 18.3 Å². The average molecular weight is 294 g/mol. The maximum absolute atomic E-state index is 12.1. The zero-order valence-corrected chi connectivity index (χ0v) is 12.5. The van der Waals surface area contributed by atoms with Gasteiger partial charge in [-0.05, 0) is 13.0 Å². The lowest BCUT2D eigenvalue weighted by molar-refractivity contribution is -0.143. The topological polar surface area (TPSA) is 72.6 Å². The van der Waals surface area contributed by atoms with E-state index in [9.17, 15) is 9.59 Å². The van der Waals surface area contributed by atoms with Crippen LogP contribution in [0.3, 0.4) is 0 Å². The van der Waals surface area contributed by atoms with Crippen molar-refractivity contribution < 1.29 is 14.3 Å². The Bertz CT molecular complexity index is 528. The smallest absolute Gasteiger partial charge is 0.307 e. The van der Waals surface area contributed by atoms with Crippen molar-refractivity contribution in [2.75, 3.05) is 26.7 Å². The molecule has 0 fully saturated rings. The highest BCUT2D eigenvalue weighted by Crippen LogP contribution is 2.15. The van der Waals surface area contributed by atoms with Crippen LogP contribution in [0.25, 0.3) is 0 Å². The van der Waals surface area contributed by atoms with Crippen molar-refractivity contribution in [3.8, 4) is 11.8 Å². The van der Waals surface area contributed by atoms with Gasteiger partial charge in [-0.3, -0.25) is 9.59 Å². The molecule has 20 heavy (non-hydrogen) atoms. The van der Waals surface area contributed by atoms with Gasteiger partial charge in [-0.2, -0.15) is 0 Å². The van der Waals surface area contributed by atoms with Crippen molar-refractivity contribution >= 4 is 23.2 Å². The first kappa shape index (κ1) is 16.2. The van der Waals surface area contributed by atoms with E-state index in [4.69, 9.17) is 10.5 Å². The summed E-state index contributed by atoms with van der Waals surface area (Å²) in [5.41, 5.74) is 5.87. The summed E-state index contributed by atoms with van der Waals surface area (Å²) in [5, 5.41) is 1.75. The third kappa shape index (κ3) is 5.03. The van der Waals surface area contributed by atoms with E-state index in [1.807, 2.05) is 0 Å². The van der Waals surface area contributed by atoms with Gasteiger partial charge in [0.25, 0.3) is 5.91 Å². The van der Waals surface area contributed by atoms with Crippen LogP contribution in [0, 0.1) is 11.8 Å². The fraction of sp³-hybridized carbons (Fsp3) is 0.429. The normalized spacial score (nSPS) is 9.55. The molecular weight excluding hydrogens is 276 g/mol. The van der Waals surface area contributed by atoms with Crippen molar-refractivity contribution in [3.63, 3.8) is 0 Å². The number of amides is 1. The Balaban J connectivity index is 2.56. The number of hydrogen-bond donors (Lipinski definition) is 1. The molecule has 0 saturated heterocycles. The van der Waals surface area contributed by atoms with E-state index >= 15 is 0 Å². The summed E-state index contributed by atoms with van der Waals surface area (Å²) < 4.78 is 4.82. The largest absolute Gasteiger partial charge is 0.466 e. The van der Waals surface area contributed by atoms with Crippen LogP contribution in [0.5, 0.6) is 0 Å².